The van der Waals surface area contributed by atoms with Gasteiger partial charge in [-0.3, -0.25) is 4.79 Å². The zero-order chi connectivity index (χ0) is 14.9. The first-order chi connectivity index (χ1) is 9.38. The Hall–Kier alpha value is -1.98. The molecule has 0 aliphatic carbocycles. The van der Waals surface area contributed by atoms with E-state index in [1.807, 2.05) is 0 Å². The van der Waals surface area contributed by atoms with Crippen molar-refractivity contribution in [2.75, 3.05) is 5.32 Å². The Morgan fingerprint density at radius 3 is 2.55 bits per heavy atom. The topological polar surface area (TPSA) is 82.2 Å². The standard InChI is InChI=1S/C13H10Cl2N2O3/c1-6-4-10(11(16-6)13(19)20)17-12(18)8-3-2-7(14)5-9(8)15/h2-5,16H,1H3,(H,17,18)(H,19,20). The number of carbonyl (C=O) groups is 2. The van der Waals surface area contributed by atoms with Gasteiger partial charge in [0, 0.05) is 10.7 Å². The van der Waals surface area contributed by atoms with Crippen LogP contribution in [0.3, 0.4) is 0 Å². The number of carbonyl (C=O) groups excluding carboxylic acids is 1. The number of H-pyrrole nitrogens is 1. The van der Waals surface area contributed by atoms with Gasteiger partial charge in [-0.05, 0) is 31.2 Å². The monoisotopic (exact) mass is 312 g/mol. The Morgan fingerprint density at radius 2 is 1.95 bits per heavy atom. The highest BCUT2D eigenvalue weighted by Gasteiger charge is 2.17. The zero-order valence-corrected chi connectivity index (χ0v) is 11.8. The van der Waals surface area contributed by atoms with E-state index in [0.717, 1.165) is 0 Å². The van der Waals surface area contributed by atoms with Gasteiger partial charge in [0.1, 0.15) is 5.69 Å². The van der Waals surface area contributed by atoms with Crippen molar-refractivity contribution >= 4 is 40.8 Å². The average Bonchev–Trinajstić information content (AvgIpc) is 2.70. The Kier molecular flexibility index (Phi) is 4.01. The third-order valence-electron chi connectivity index (χ3n) is 2.59. The van der Waals surface area contributed by atoms with E-state index in [9.17, 15) is 9.59 Å². The van der Waals surface area contributed by atoms with Crippen molar-refractivity contribution in [3.05, 3.63) is 51.3 Å². The zero-order valence-electron chi connectivity index (χ0n) is 10.3. The second-order valence-electron chi connectivity index (χ2n) is 4.12. The number of rotatable bonds is 3. The van der Waals surface area contributed by atoms with Crippen LogP contribution < -0.4 is 5.32 Å². The highest BCUT2D eigenvalue weighted by atomic mass is 35.5. The predicted molar refractivity (Wildman–Crippen MR) is 76.9 cm³/mol. The number of amides is 1. The summed E-state index contributed by atoms with van der Waals surface area (Å²) >= 11 is 11.7. The van der Waals surface area contributed by atoms with Crippen LogP contribution in [0, 0.1) is 6.92 Å². The molecule has 20 heavy (non-hydrogen) atoms. The van der Waals surface area contributed by atoms with Crippen LogP contribution in [0.25, 0.3) is 0 Å². The number of hydrogen-bond acceptors (Lipinski definition) is 2. The predicted octanol–water partition coefficient (Wildman–Crippen LogP) is 3.58. The molecule has 3 N–H and O–H groups in total. The number of benzene rings is 1. The van der Waals surface area contributed by atoms with E-state index in [4.69, 9.17) is 28.3 Å². The Morgan fingerprint density at radius 1 is 1.25 bits per heavy atom. The molecule has 0 bridgehead atoms. The van der Waals surface area contributed by atoms with Crippen LogP contribution in [0.15, 0.2) is 24.3 Å². The van der Waals surface area contributed by atoms with E-state index in [2.05, 4.69) is 10.3 Å². The molecule has 2 rings (SSSR count). The first-order valence-electron chi connectivity index (χ1n) is 5.58. The molecular formula is C13H10Cl2N2O3. The van der Waals surface area contributed by atoms with Gasteiger partial charge < -0.3 is 15.4 Å². The minimum absolute atomic E-state index is 0.0825. The van der Waals surface area contributed by atoms with Crippen LogP contribution in [0.1, 0.15) is 26.5 Å². The van der Waals surface area contributed by atoms with Crippen molar-refractivity contribution < 1.29 is 14.7 Å². The van der Waals surface area contributed by atoms with Gasteiger partial charge in [-0.15, -0.1) is 0 Å². The minimum Gasteiger partial charge on any atom is -0.477 e. The van der Waals surface area contributed by atoms with Crippen molar-refractivity contribution in [1.29, 1.82) is 0 Å². The highest BCUT2D eigenvalue weighted by molar-refractivity contribution is 6.37. The Bertz CT molecular complexity index is 695. The summed E-state index contributed by atoms with van der Waals surface area (Å²) in [4.78, 5) is 25.8. The lowest BCUT2D eigenvalue weighted by molar-refractivity contribution is 0.0692. The maximum Gasteiger partial charge on any atom is 0.354 e. The van der Waals surface area contributed by atoms with Crippen molar-refractivity contribution in [3.63, 3.8) is 0 Å². The number of carboxylic acids is 1. The number of carboxylic acid groups (broad SMARTS) is 1. The first-order valence-corrected chi connectivity index (χ1v) is 6.33. The maximum atomic E-state index is 12.1. The number of hydrogen-bond donors (Lipinski definition) is 3. The largest absolute Gasteiger partial charge is 0.477 e. The third kappa shape index (κ3) is 2.95. The molecule has 0 radical (unpaired) electrons. The van der Waals surface area contributed by atoms with Gasteiger partial charge in [0.2, 0.25) is 0 Å². The van der Waals surface area contributed by atoms with Gasteiger partial charge in [-0.25, -0.2) is 4.79 Å². The lowest BCUT2D eigenvalue weighted by Gasteiger charge is -2.06. The van der Waals surface area contributed by atoms with Gasteiger partial charge in [0.05, 0.1) is 16.3 Å². The van der Waals surface area contributed by atoms with E-state index in [-0.39, 0.29) is 22.0 Å². The van der Waals surface area contributed by atoms with E-state index >= 15 is 0 Å². The van der Waals surface area contributed by atoms with Crippen LogP contribution >= 0.6 is 23.2 Å². The van der Waals surface area contributed by atoms with E-state index in [1.54, 1.807) is 6.92 Å². The average molecular weight is 313 g/mol. The fourth-order valence-corrected chi connectivity index (χ4v) is 2.21. The molecule has 0 atom stereocenters. The van der Waals surface area contributed by atoms with Crippen molar-refractivity contribution in [2.24, 2.45) is 0 Å². The summed E-state index contributed by atoms with van der Waals surface area (Å²) in [6.45, 7) is 1.69. The number of aromatic nitrogens is 1. The molecule has 0 fully saturated rings. The second kappa shape index (κ2) is 5.56. The number of nitrogens with one attached hydrogen (secondary N) is 2. The summed E-state index contributed by atoms with van der Waals surface area (Å²) < 4.78 is 0. The molecule has 0 saturated heterocycles. The fraction of sp³-hybridized carbons (Fsp3) is 0.0769. The van der Waals surface area contributed by atoms with Crippen LogP contribution in [0.5, 0.6) is 0 Å². The molecule has 104 valence electrons. The molecule has 2 aromatic rings. The van der Waals surface area contributed by atoms with Crippen molar-refractivity contribution in [1.82, 2.24) is 4.98 Å². The van der Waals surface area contributed by atoms with E-state index in [0.29, 0.717) is 10.7 Å². The smallest absolute Gasteiger partial charge is 0.354 e. The van der Waals surface area contributed by atoms with Crippen LogP contribution in [0.2, 0.25) is 10.0 Å². The first kappa shape index (κ1) is 14.4. The van der Waals surface area contributed by atoms with Gasteiger partial charge in [-0.1, -0.05) is 23.2 Å². The SMILES string of the molecule is Cc1cc(NC(=O)c2ccc(Cl)cc2Cl)c(C(=O)O)[nH]1. The molecule has 0 unspecified atom stereocenters. The van der Waals surface area contributed by atoms with Crippen LogP contribution in [-0.4, -0.2) is 22.0 Å². The summed E-state index contributed by atoms with van der Waals surface area (Å²) in [6.07, 6.45) is 0. The molecule has 0 aliphatic rings. The van der Waals surface area contributed by atoms with E-state index < -0.39 is 11.9 Å². The normalized spacial score (nSPS) is 10.3. The maximum absolute atomic E-state index is 12.1. The summed E-state index contributed by atoms with van der Waals surface area (Å²) in [5, 5.41) is 12.1. The Labute approximate surface area is 124 Å². The summed E-state index contributed by atoms with van der Waals surface area (Å²) in [7, 11) is 0. The molecule has 7 heteroatoms. The molecule has 1 aromatic heterocycles. The summed E-state index contributed by atoms with van der Waals surface area (Å²) in [6, 6.07) is 5.98. The summed E-state index contributed by atoms with van der Waals surface area (Å²) in [5.41, 5.74) is 0.943. The molecular weight excluding hydrogens is 303 g/mol. The molecule has 0 aliphatic heterocycles. The number of aromatic amines is 1. The van der Waals surface area contributed by atoms with Gasteiger partial charge in [0.15, 0.2) is 0 Å². The minimum atomic E-state index is -1.16. The third-order valence-corrected chi connectivity index (χ3v) is 3.14. The lowest BCUT2D eigenvalue weighted by Crippen LogP contribution is -2.14. The lowest BCUT2D eigenvalue weighted by atomic mass is 10.2. The Balaban J connectivity index is 2.30. The molecule has 0 saturated carbocycles. The quantitative estimate of drug-likeness (QED) is 0.810. The molecule has 1 amide bonds. The van der Waals surface area contributed by atoms with Gasteiger partial charge in [-0.2, -0.15) is 0 Å². The number of halogens is 2. The van der Waals surface area contributed by atoms with Crippen molar-refractivity contribution in [2.45, 2.75) is 6.92 Å². The summed E-state index contributed by atoms with van der Waals surface area (Å²) in [5.74, 6) is -1.66. The number of aromatic carboxylic acids is 1. The number of aryl methyl sites for hydroxylation is 1. The fourth-order valence-electron chi connectivity index (χ4n) is 1.72. The van der Waals surface area contributed by atoms with Crippen LogP contribution in [-0.2, 0) is 0 Å². The highest BCUT2D eigenvalue weighted by Crippen LogP contribution is 2.23. The number of anilines is 1. The van der Waals surface area contributed by atoms with Crippen molar-refractivity contribution in [3.8, 4) is 0 Å². The van der Waals surface area contributed by atoms with Crippen LogP contribution in [0.4, 0.5) is 5.69 Å². The van der Waals surface area contributed by atoms with Gasteiger partial charge in [0.25, 0.3) is 5.91 Å². The molecule has 5 nitrogen and oxygen atoms in total. The molecule has 1 heterocycles. The van der Waals surface area contributed by atoms with E-state index in [1.165, 1.54) is 24.3 Å². The molecule has 1 aromatic carbocycles. The van der Waals surface area contributed by atoms with Gasteiger partial charge >= 0.3 is 5.97 Å². The second-order valence-corrected chi connectivity index (χ2v) is 4.97. The molecule has 0 spiro atoms.